The summed E-state index contributed by atoms with van der Waals surface area (Å²) in [5.41, 5.74) is 3.41. The van der Waals surface area contributed by atoms with E-state index in [2.05, 4.69) is 56.6 Å². The van der Waals surface area contributed by atoms with Crippen molar-refractivity contribution in [2.24, 2.45) is 0 Å². The van der Waals surface area contributed by atoms with Gasteiger partial charge in [0.2, 0.25) is 0 Å². The van der Waals surface area contributed by atoms with Crippen LogP contribution in [0.5, 0.6) is 5.75 Å². The Morgan fingerprint density at radius 2 is 2.05 bits per heavy atom. The number of aryl methyl sites for hydroxylation is 1. The first kappa shape index (κ1) is 15.8. The summed E-state index contributed by atoms with van der Waals surface area (Å²) >= 11 is 1.73. The highest BCUT2D eigenvalue weighted by atomic mass is 32.1. The number of aromatic nitrogens is 1. The van der Waals surface area contributed by atoms with Gasteiger partial charge in [0, 0.05) is 10.8 Å². The molecule has 114 valence electrons. The first-order chi connectivity index (χ1) is 9.90. The van der Waals surface area contributed by atoms with Crippen molar-refractivity contribution in [3.63, 3.8) is 0 Å². The van der Waals surface area contributed by atoms with Crippen molar-refractivity contribution in [3.05, 3.63) is 39.8 Å². The van der Waals surface area contributed by atoms with Gasteiger partial charge in [-0.1, -0.05) is 26.8 Å². The van der Waals surface area contributed by atoms with Crippen LogP contribution >= 0.6 is 11.3 Å². The van der Waals surface area contributed by atoms with Crippen LogP contribution < -0.4 is 10.1 Å². The zero-order valence-electron chi connectivity index (χ0n) is 13.5. The maximum atomic E-state index is 5.69. The molecule has 1 aromatic carbocycles. The third-order valence-corrected chi connectivity index (χ3v) is 4.41. The molecule has 0 spiro atoms. The Morgan fingerprint density at radius 1 is 1.29 bits per heavy atom. The van der Waals surface area contributed by atoms with E-state index in [9.17, 15) is 0 Å². The number of benzene rings is 1. The quantitative estimate of drug-likeness (QED) is 0.864. The van der Waals surface area contributed by atoms with Crippen LogP contribution in [0.2, 0.25) is 0 Å². The van der Waals surface area contributed by atoms with E-state index >= 15 is 0 Å². The average Bonchev–Trinajstić information content (AvgIpc) is 2.87. The Morgan fingerprint density at radius 3 is 2.67 bits per heavy atom. The number of thiazole rings is 1. The fraction of sp³-hybridized carbons (Fsp3) is 0.471. The van der Waals surface area contributed by atoms with Gasteiger partial charge in [0.25, 0.3) is 0 Å². The van der Waals surface area contributed by atoms with Gasteiger partial charge in [-0.25, -0.2) is 4.98 Å². The van der Waals surface area contributed by atoms with Crippen LogP contribution in [0, 0.1) is 6.92 Å². The second-order valence-corrected chi connectivity index (χ2v) is 7.04. The molecule has 0 aliphatic rings. The minimum absolute atomic E-state index is 0.114. The lowest BCUT2D eigenvalue weighted by Gasteiger charge is -2.14. The van der Waals surface area contributed by atoms with Crippen LogP contribution in [0.1, 0.15) is 44.0 Å². The molecular weight excluding hydrogens is 280 g/mol. The standard InChI is InChI=1S/C17H24N2OS/c1-6-20-15-9-12(2)7-8-14(15)18-10-13-11-21-16(19-13)17(3,4)5/h7-9,11,18H,6,10H2,1-5H3. The van der Waals surface area contributed by atoms with Crippen LogP contribution in [-0.4, -0.2) is 11.6 Å². The number of nitrogens with one attached hydrogen (secondary N) is 1. The highest BCUT2D eigenvalue weighted by Gasteiger charge is 2.17. The van der Waals surface area contributed by atoms with Crippen molar-refractivity contribution in [2.75, 3.05) is 11.9 Å². The Kier molecular flexibility index (Phi) is 4.88. The minimum atomic E-state index is 0.114. The largest absolute Gasteiger partial charge is 0.492 e. The summed E-state index contributed by atoms with van der Waals surface area (Å²) in [6, 6.07) is 6.22. The second kappa shape index (κ2) is 6.48. The number of hydrogen-bond acceptors (Lipinski definition) is 4. The van der Waals surface area contributed by atoms with E-state index in [0.717, 1.165) is 23.7 Å². The molecule has 1 aromatic heterocycles. The molecule has 0 saturated heterocycles. The zero-order chi connectivity index (χ0) is 15.5. The molecule has 4 heteroatoms. The number of hydrogen-bond donors (Lipinski definition) is 1. The Hall–Kier alpha value is -1.55. The highest BCUT2D eigenvalue weighted by molar-refractivity contribution is 7.09. The van der Waals surface area contributed by atoms with Crippen LogP contribution in [-0.2, 0) is 12.0 Å². The van der Waals surface area contributed by atoms with Gasteiger partial charge in [-0.05, 0) is 31.5 Å². The maximum absolute atomic E-state index is 5.69. The van der Waals surface area contributed by atoms with E-state index in [0.29, 0.717) is 6.61 Å². The molecule has 0 aliphatic carbocycles. The molecule has 0 unspecified atom stereocenters. The van der Waals surface area contributed by atoms with E-state index in [-0.39, 0.29) is 5.41 Å². The monoisotopic (exact) mass is 304 g/mol. The summed E-state index contributed by atoms with van der Waals surface area (Å²) in [5, 5.41) is 6.73. The zero-order valence-corrected chi connectivity index (χ0v) is 14.3. The normalized spacial score (nSPS) is 11.5. The van der Waals surface area contributed by atoms with Crippen molar-refractivity contribution >= 4 is 17.0 Å². The van der Waals surface area contributed by atoms with Gasteiger partial charge in [-0.15, -0.1) is 11.3 Å². The van der Waals surface area contributed by atoms with E-state index < -0.39 is 0 Å². The summed E-state index contributed by atoms with van der Waals surface area (Å²) < 4.78 is 5.69. The molecule has 2 aromatic rings. The molecule has 0 atom stereocenters. The van der Waals surface area contributed by atoms with Gasteiger partial charge >= 0.3 is 0 Å². The SMILES string of the molecule is CCOc1cc(C)ccc1NCc1csc(C(C)(C)C)n1. The fourth-order valence-corrected chi connectivity index (χ4v) is 2.88. The van der Waals surface area contributed by atoms with Crippen molar-refractivity contribution < 1.29 is 4.74 Å². The predicted molar refractivity (Wildman–Crippen MR) is 90.5 cm³/mol. The maximum Gasteiger partial charge on any atom is 0.142 e. The Bertz CT molecular complexity index is 599. The van der Waals surface area contributed by atoms with Crippen LogP contribution in [0.4, 0.5) is 5.69 Å². The predicted octanol–water partition coefficient (Wildman–Crippen LogP) is 4.76. The molecule has 0 fully saturated rings. The van der Waals surface area contributed by atoms with E-state index in [1.165, 1.54) is 10.6 Å². The fourth-order valence-electron chi connectivity index (χ4n) is 1.97. The lowest BCUT2D eigenvalue weighted by atomic mass is 9.98. The molecule has 0 aliphatic heterocycles. The smallest absolute Gasteiger partial charge is 0.142 e. The summed E-state index contributed by atoms with van der Waals surface area (Å²) in [6.07, 6.45) is 0. The molecule has 0 amide bonds. The number of rotatable bonds is 5. The first-order valence-electron chi connectivity index (χ1n) is 7.32. The third kappa shape index (κ3) is 4.21. The summed E-state index contributed by atoms with van der Waals surface area (Å²) in [5.74, 6) is 0.906. The number of nitrogens with zero attached hydrogens (tertiary/aromatic N) is 1. The van der Waals surface area contributed by atoms with E-state index in [1.54, 1.807) is 11.3 Å². The molecule has 3 nitrogen and oxygen atoms in total. The topological polar surface area (TPSA) is 34.1 Å². The molecule has 0 saturated carbocycles. The van der Waals surface area contributed by atoms with Gasteiger partial charge in [0.15, 0.2) is 0 Å². The van der Waals surface area contributed by atoms with E-state index in [4.69, 9.17) is 9.72 Å². The number of anilines is 1. The lowest BCUT2D eigenvalue weighted by Crippen LogP contribution is -2.11. The summed E-state index contributed by atoms with van der Waals surface area (Å²) in [7, 11) is 0. The van der Waals surface area contributed by atoms with Crippen LogP contribution in [0.25, 0.3) is 0 Å². The van der Waals surface area contributed by atoms with Crippen LogP contribution in [0.15, 0.2) is 23.6 Å². The summed E-state index contributed by atoms with van der Waals surface area (Å²) in [4.78, 5) is 4.70. The highest BCUT2D eigenvalue weighted by Crippen LogP contribution is 2.28. The van der Waals surface area contributed by atoms with Gasteiger partial charge in [0.1, 0.15) is 5.75 Å². The van der Waals surface area contributed by atoms with Crippen LogP contribution in [0.3, 0.4) is 0 Å². The molecule has 0 bridgehead atoms. The van der Waals surface area contributed by atoms with Gasteiger partial charge in [0.05, 0.1) is 29.5 Å². The Labute approximate surface area is 131 Å². The number of ether oxygens (including phenoxy) is 1. The van der Waals surface area contributed by atoms with Crippen molar-refractivity contribution in [2.45, 2.75) is 46.6 Å². The van der Waals surface area contributed by atoms with Gasteiger partial charge in [-0.3, -0.25) is 0 Å². The van der Waals surface area contributed by atoms with Gasteiger partial charge in [-0.2, -0.15) is 0 Å². The first-order valence-corrected chi connectivity index (χ1v) is 8.20. The summed E-state index contributed by atoms with van der Waals surface area (Å²) in [6.45, 7) is 12.0. The molecule has 21 heavy (non-hydrogen) atoms. The molecular formula is C17H24N2OS. The van der Waals surface area contributed by atoms with Crippen molar-refractivity contribution in [1.29, 1.82) is 0 Å². The third-order valence-electron chi connectivity index (χ3n) is 3.09. The second-order valence-electron chi connectivity index (χ2n) is 6.18. The minimum Gasteiger partial charge on any atom is -0.492 e. The lowest BCUT2D eigenvalue weighted by molar-refractivity contribution is 0.341. The molecule has 2 rings (SSSR count). The average molecular weight is 304 g/mol. The van der Waals surface area contributed by atoms with E-state index in [1.807, 2.05) is 6.92 Å². The molecule has 0 radical (unpaired) electrons. The van der Waals surface area contributed by atoms with Crippen molar-refractivity contribution in [3.8, 4) is 5.75 Å². The molecule has 1 heterocycles. The molecule has 1 N–H and O–H groups in total. The van der Waals surface area contributed by atoms with Gasteiger partial charge < -0.3 is 10.1 Å². The van der Waals surface area contributed by atoms with Crippen molar-refractivity contribution in [1.82, 2.24) is 4.98 Å². The Balaban J connectivity index is 2.08.